The van der Waals surface area contributed by atoms with Crippen molar-refractivity contribution in [2.75, 3.05) is 33.3 Å². The Hall–Kier alpha value is -3.90. The quantitative estimate of drug-likeness (QED) is 0.349. The molecule has 4 rings (SSSR count). The van der Waals surface area contributed by atoms with Gasteiger partial charge in [-0.2, -0.15) is 5.26 Å². The van der Waals surface area contributed by atoms with Crippen LogP contribution in [0.1, 0.15) is 64.3 Å². The highest BCUT2D eigenvalue weighted by atomic mass is 19.3. The summed E-state index contributed by atoms with van der Waals surface area (Å²) >= 11 is 0. The van der Waals surface area contributed by atoms with Crippen LogP contribution >= 0.6 is 0 Å². The van der Waals surface area contributed by atoms with Gasteiger partial charge in [-0.25, -0.2) is 8.78 Å². The lowest BCUT2D eigenvalue weighted by Crippen LogP contribution is -2.37. The van der Waals surface area contributed by atoms with E-state index in [0.29, 0.717) is 59.7 Å². The number of amides is 1. The molecule has 0 saturated carbocycles. The molecule has 0 saturated heterocycles. The lowest BCUT2D eigenvalue weighted by Gasteiger charge is -2.31. The SMILES string of the molecule is CCOc1cc(CN2CCc3c(cc(CCN(C)CC)cc3-c3cc(C)cnc3C(F)F)C2=O)ncc1C#N. The molecule has 0 N–H and O–H groups in total. The van der Waals surface area contributed by atoms with Crippen LogP contribution in [-0.4, -0.2) is 59.0 Å². The molecule has 3 heterocycles. The number of nitriles is 1. The van der Waals surface area contributed by atoms with Crippen molar-refractivity contribution in [1.29, 1.82) is 5.26 Å². The summed E-state index contributed by atoms with van der Waals surface area (Å²) in [6, 6.07) is 9.35. The minimum Gasteiger partial charge on any atom is -0.492 e. The summed E-state index contributed by atoms with van der Waals surface area (Å²) in [7, 11) is 2.02. The first kappa shape index (κ1) is 28.1. The van der Waals surface area contributed by atoms with Gasteiger partial charge in [0.05, 0.1) is 18.8 Å². The number of halogens is 2. The number of carbonyl (C=O) groups excluding carboxylic acids is 1. The van der Waals surface area contributed by atoms with Crippen LogP contribution in [0.4, 0.5) is 8.78 Å². The van der Waals surface area contributed by atoms with E-state index in [1.807, 2.05) is 33.0 Å². The summed E-state index contributed by atoms with van der Waals surface area (Å²) in [6.07, 6.45) is 1.36. The Bertz CT molecular complexity index is 1400. The fourth-order valence-corrected chi connectivity index (χ4v) is 4.81. The van der Waals surface area contributed by atoms with E-state index in [4.69, 9.17) is 4.74 Å². The molecule has 2 aromatic heterocycles. The third kappa shape index (κ3) is 6.23. The summed E-state index contributed by atoms with van der Waals surface area (Å²) in [6.45, 7) is 8.44. The van der Waals surface area contributed by atoms with Gasteiger partial charge in [-0.3, -0.25) is 14.8 Å². The zero-order valence-corrected chi connectivity index (χ0v) is 22.8. The number of ether oxygens (including phenoxy) is 1. The number of fused-ring (bicyclic) bond motifs is 1. The van der Waals surface area contributed by atoms with Crippen molar-refractivity contribution in [3.05, 3.63) is 75.9 Å². The molecule has 204 valence electrons. The molecule has 1 aromatic carbocycles. The number of rotatable bonds is 10. The standard InChI is InChI=1S/C30H33F2N5O2/c1-5-36(4)9-7-20-12-24(25-11-19(3)16-35-28(25)29(31)32)23-8-10-37(30(38)26(23)13-20)18-22-14-27(39-6-2)21(15-33)17-34-22/h11-14,16-17,29H,5-10,18H2,1-4H3. The van der Waals surface area contributed by atoms with E-state index in [1.165, 1.54) is 12.4 Å². The Balaban J connectivity index is 1.75. The lowest BCUT2D eigenvalue weighted by molar-refractivity contribution is 0.0724. The minimum atomic E-state index is -2.73. The van der Waals surface area contributed by atoms with Gasteiger partial charge >= 0.3 is 0 Å². The number of aromatic nitrogens is 2. The zero-order chi connectivity index (χ0) is 28.1. The van der Waals surface area contributed by atoms with Crippen molar-refractivity contribution in [2.45, 2.75) is 46.6 Å². The fourth-order valence-electron chi connectivity index (χ4n) is 4.81. The number of hydrogen-bond acceptors (Lipinski definition) is 6. The van der Waals surface area contributed by atoms with Gasteiger partial charge in [-0.1, -0.05) is 13.0 Å². The van der Waals surface area contributed by atoms with Gasteiger partial charge in [0.15, 0.2) is 0 Å². The summed E-state index contributed by atoms with van der Waals surface area (Å²) in [5.41, 5.74) is 4.68. The largest absolute Gasteiger partial charge is 0.492 e. The van der Waals surface area contributed by atoms with Gasteiger partial charge in [0, 0.05) is 42.7 Å². The van der Waals surface area contributed by atoms with Crippen molar-refractivity contribution >= 4 is 5.91 Å². The van der Waals surface area contributed by atoms with Crippen LogP contribution in [0.5, 0.6) is 5.75 Å². The van der Waals surface area contributed by atoms with Crippen molar-refractivity contribution in [3.63, 3.8) is 0 Å². The molecule has 0 aliphatic carbocycles. The van der Waals surface area contributed by atoms with Crippen LogP contribution in [0.3, 0.4) is 0 Å². The zero-order valence-electron chi connectivity index (χ0n) is 22.8. The molecule has 0 unspecified atom stereocenters. The molecule has 0 atom stereocenters. The molecular weight excluding hydrogens is 500 g/mol. The molecule has 9 heteroatoms. The lowest BCUT2D eigenvalue weighted by atomic mass is 9.86. The van der Waals surface area contributed by atoms with Gasteiger partial charge < -0.3 is 14.5 Å². The Labute approximate surface area is 228 Å². The molecular formula is C30H33F2N5O2. The van der Waals surface area contributed by atoms with Gasteiger partial charge in [0.1, 0.15) is 23.1 Å². The number of likely N-dealkylation sites (N-methyl/N-ethyl adjacent to an activating group) is 1. The molecule has 1 amide bonds. The first-order valence-electron chi connectivity index (χ1n) is 13.2. The summed E-state index contributed by atoms with van der Waals surface area (Å²) in [5, 5.41) is 9.33. The topological polar surface area (TPSA) is 82.3 Å². The van der Waals surface area contributed by atoms with E-state index in [0.717, 1.165) is 29.8 Å². The van der Waals surface area contributed by atoms with Crippen molar-refractivity contribution in [3.8, 4) is 22.9 Å². The van der Waals surface area contributed by atoms with E-state index in [-0.39, 0.29) is 18.1 Å². The molecule has 1 aliphatic rings. The monoisotopic (exact) mass is 533 g/mol. The van der Waals surface area contributed by atoms with Crippen LogP contribution in [0.15, 0.2) is 36.7 Å². The van der Waals surface area contributed by atoms with Crippen molar-refractivity contribution in [2.24, 2.45) is 0 Å². The number of carbonyl (C=O) groups is 1. The van der Waals surface area contributed by atoms with Crippen LogP contribution < -0.4 is 4.74 Å². The highest BCUT2D eigenvalue weighted by Gasteiger charge is 2.29. The molecule has 0 radical (unpaired) electrons. The normalized spacial score (nSPS) is 13.1. The van der Waals surface area contributed by atoms with Crippen LogP contribution in [0.2, 0.25) is 0 Å². The van der Waals surface area contributed by atoms with E-state index < -0.39 is 6.43 Å². The molecule has 0 fully saturated rings. The molecule has 0 bridgehead atoms. The minimum absolute atomic E-state index is 0.175. The summed E-state index contributed by atoms with van der Waals surface area (Å²) in [4.78, 5) is 26.1. The summed E-state index contributed by atoms with van der Waals surface area (Å²) < 4.78 is 33.6. The Morgan fingerprint density at radius 2 is 1.90 bits per heavy atom. The average molecular weight is 534 g/mol. The van der Waals surface area contributed by atoms with Crippen molar-refractivity contribution < 1.29 is 18.3 Å². The average Bonchev–Trinajstić information content (AvgIpc) is 2.93. The van der Waals surface area contributed by atoms with Crippen LogP contribution in [0.25, 0.3) is 11.1 Å². The maximum atomic E-state index is 14.0. The predicted octanol–water partition coefficient (Wildman–Crippen LogP) is 5.35. The maximum absolute atomic E-state index is 14.0. The highest BCUT2D eigenvalue weighted by Crippen LogP contribution is 2.37. The van der Waals surface area contributed by atoms with E-state index in [2.05, 4.69) is 27.9 Å². The molecule has 3 aromatic rings. The Kier molecular flexibility index (Phi) is 8.87. The van der Waals surface area contributed by atoms with Crippen LogP contribution in [0, 0.1) is 18.3 Å². The highest BCUT2D eigenvalue weighted by molar-refractivity contribution is 5.99. The Morgan fingerprint density at radius 3 is 2.59 bits per heavy atom. The number of pyridine rings is 2. The second-order valence-corrected chi connectivity index (χ2v) is 9.75. The van der Waals surface area contributed by atoms with E-state index in [9.17, 15) is 18.8 Å². The van der Waals surface area contributed by atoms with Gasteiger partial charge in [-0.05, 0) is 74.7 Å². The number of hydrogen-bond donors (Lipinski definition) is 0. The fraction of sp³-hybridized carbons (Fsp3) is 0.400. The van der Waals surface area contributed by atoms with Crippen LogP contribution in [-0.2, 0) is 19.4 Å². The third-order valence-electron chi connectivity index (χ3n) is 7.03. The number of benzene rings is 1. The first-order chi connectivity index (χ1) is 18.7. The number of alkyl halides is 2. The van der Waals surface area contributed by atoms with Gasteiger partial charge in [-0.15, -0.1) is 0 Å². The smallest absolute Gasteiger partial charge is 0.280 e. The van der Waals surface area contributed by atoms with Gasteiger partial charge in [0.25, 0.3) is 12.3 Å². The summed E-state index contributed by atoms with van der Waals surface area (Å²) in [5.74, 6) is 0.262. The molecule has 7 nitrogen and oxygen atoms in total. The number of nitrogens with zero attached hydrogens (tertiary/aromatic N) is 5. The second kappa shape index (κ2) is 12.3. The predicted molar refractivity (Wildman–Crippen MR) is 145 cm³/mol. The van der Waals surface area contributed by atoms with Crippen molar-refractivity contribution in [1.82, 2.24) is 19.8 Å². The maximum Gasteiger partial charge on any atom is 0.280 e. The first-order valence-corrected chi connectivity index (χ1v) is 13.2. The third-order valence-corrected chi connectivity index (χ3v) is 7.03. The molecule has 39 heavy (non-hydrogen) atoms. The van der Waals surface area contributed by atoms with E-state index >= 15 is 0 Å². The molecule has 0 spiro atoms. The number of aryl methyl sites for hydroxylation is 1. The Morgan fingerprint density at radius 1 is 1.13 bits per heavy atom. The van der Waals surface area contributed by atoms with Gasteiger partial charge in [0.2, 0.25) is 0 Å². The molecule has 1 aliphatic heterocycles. The second-order valence-electron chi connectivity index (χ2n) is 9.75. The van der Waals surface area contributed by atoms with E-state index in [1.54, 1.807) is 17.0 Å².